The first-order chi connectivity index (χ1) is 7.01. The number of rotatable bonds is 5. The van der Waals surface area contributed by atoms with Crippen LogP contribution < -0.4 is 51.4 Å². The molecule has 3 nitrogen and oxygen atoms in total. The monoisotopic (exact) mass is 265 g/mol. The molecule has 8 heteroatoms. The molecule has 0 aromatic carbocycles. The van der Waals surface area contributed by atoms with Crippen molar-refractivity contribution in [1.29, 1.82) is 0 Å². The maximum atomic E-state index is 12.1. The number of likely N-dealkylation sites (tertiary alicyclic amines) is 1. The average molecular weight is 265 g/mol. The van der Waals surface area contributed by atoms with E-state index < -0.39 is 13.4 Å². The molecule has 0 amide bonds. The molecule has 1 fully saturated rings. The van der Waals surface area contributed by atoms with Gasteiger partial charge in [-0.15, -0.1) is 0 Å². The van der Waals surface area contributed by atoms with E-state index in [1.165, 1.54) is 4.90 Å². The molecule has 1 heterocycles. The van der Waals surface area contributed by atoms with Gasteiger partial charge in [0.15, 0.2) is 0 Å². The molecular formula is C8H16BF3KNO2. The largest absolute Gasteiger partial charge is 1.00 e. The van der Waals surface area contributed by atoms with E-state index in [0.717, 1.165) is 0 Å². The first-order valence-electron chi connectivity index (χ1n) is 5.17. The molecule has 0 bridgehead atoms. The van der Waals surface area contributed by atoms with Crippen LogP contribution in [0.2, 0.25) is 0 Å². The van der Waals surface area contributed by atoms with E-state index in [1.807, 2.05) is 0 Å². The molecule has 0 aliphatic carbocycles. The predicted octanol–water partition coefficient (Wildman–Crippen LogP) is -2.15. The van der Waals surface area contributed by atoms with Gasteiger partial charge in [0, 0.05) is 0 Å². The normalized spacial score (nSPS) is 19.5. The Bertz CT molecular complexity index is 189. The van der Waals surface area contributed by atoms with Crippen LogP contribution in [0.25, 0.3) is 0 Å². The third-order valence-corrected chi connectivity index (χ3v) is 2.44. The topological polar surface area (TPSA) is 32.7 Å². The van der Waals surface area contributed by atoms with Crippen LogP contribution >= 0.6 is 0 Å². The molecule has 0 aromatic heterocycles. The molecule has 0 atom stereocenters. The smallest absolute Gasteiger partial charge is 0.448 e. The summed E-state index contributed by atoms with van der Waals surface area (Å²) in [7, 11) is 0. The van der Waals surface area contributed by atoms with Crippen LogP contribution in [-0.4, -0.2) is 55.8 Å². The maximum absolute atomic E-state index is 12.1. The third kappa shape index (κ3) is 7.65. The van der Waals surface area contributed by atoms with Crippen LogP contribution in [0.15, 0.2) is 0 Å². The molecule has 0 unspecified atom stereocenters. The third-order valence-electron chi connectivity index (χ3n) is 2.44. The number of piperidine rings is 1. The minimum Gasteiger partial charge on any atom is -0.448 e. The van der Waals surface area contributed by atoms with Crippen LogP contribution in [0.1, 0.15) is 12.8 Å². The first kappa shape index (κ1) is 17.4. The summed E-state index contributed by atoms with van der Waals surface area (Å²) < 4.78 is 41.5. The fourth-order valence-corrected chi connectivity index (χ4v) is 1.77. The van der Waals surface area contributed by atoms with E-state index in [0.29, 0.717) is 25.9 Å². The Kier molecular flexibility index (Phi) is 9.20. The van der Waals surface area contributed by atoms with Gasteiger partial charge in [0.2, 0.25) is 0 Å². The molecule has 0 spiro atoms. The number of ether oxygens (including phenoxy) is 1. The van der Waals surface area contributed by atoms with Gasteiger partial charge in [-0.05, 0) is 32.4 Å². The summed E-state index contributed by atoms with van der Waals surface area (Å²) in [5.74, 6) is 0. The van der Waals surface area contributed by atoms with Crippen molar-refractivity contribution >= 4 is 6.98 Å². The first-order valence-corrected chi connectivity index (χ1v) is 5.17. The predicted molar refractivity (Wildman–Crippen MR) is 51.6 cm³/mol. The SMILES string of the molecule is OCCOC1CCN(C[B-](F)(F)F)CC1.[K+]. The number of nitrogens with zero attached hydrogens (tertiary/aromatic N) is 1. The summed E-state index contributed by atoms with van der Waals surface area (Å²) in [6, 6.07) is 0. The standard InChI is InChI=1S/C8H16BF3NO2.K/c10-9(11,12)7-13-3-1-8(2-4-13)15-6-5-14;/h8,14H,1-7H2;/q-1;+1. The average Bonchev–Trinajstić information content (AvgIpc) is 2.14. The van der Waals surface area contributed by atoms with Crippen molar-refractivity contribution in [2.24, 2.45) is 0 Å². The Balaban J connectivity index is 0.00000225. The van der Waals surface area contributed by atoms with Crippen LogP contribution in [0.4, 0.5) is 12.9 Å². The van der Waals surface area contributed by atoms with E-state index in [9.17, 15) is 12.9 Å². The van der Waals surface area contributed by atoms with E-state index >= 15 is 0 Å². The van der Waals surface area contributed by atoms with Gasteiger partial charge in [0.1, 0.15) is 0 Å². The Morgan fingerprint density at radius 1 is 1.25 bits per heavy atom. The second kappa shape index (κ2) is 8.47. The van der Waals surface area contributed by atoms with E-state index in [2.05, 4.69) is 0 Å². The summed E-state index contributed by atoms with van der Waals surface area (Å²) in [6.07, 6.45) is 0.472. The molecule has 1 aliphatic rings. The van der Waals surface area contributed by atoms with Crippen molar-refractivity contribution in [3.05, 3.63) is 0 Å². The molecule has 1 saturated heterocycles. The van der Waals surface area contributed by atoms with Crippen LogP contribution in [0.5, 0.6) is 0 Å². The van der Waals surface area contributed by atoms with E-state index in [-0.39, 0.29) is 70.7 Å². The molecule has 90 valence electrons. The van der Waals surface area contributed by atoms with Gasteiger partial charge in [-0.3, -0.25) is 0 Å². The van der Waals surface area contributed by atoms with Gasteiger partial charge in [0.25, 0.3) is 0 Å². The number of hydrogen-bond donors (Lipinski definition) is 1. The van der Waals surface area contributed by atoms with Gasteiger partial charge in [-0.2, -0.15) is 0 Å². The van der Waals surface area contributed by atoms with Gasteiger partial charge in [-0.1, -0.05) is 0 Å². The molecule has 0 aromatic rings. The quantitative estimate of drug-likeness (QED) is 0.575. The molecule has 1 aliphatic heterocycles. The fourth-order valence-electron chi connectivity index (χ4n) is 1.77. The van der Waals surface area contributed by atoms with Gasteiger partial charge < -0.3 is 27.7 Å². The van der Waals surface area contributed by atoms with Crippen LogP contribution in [0, 0.1) is 0 Å². The minimum atomic E-state index is -4.71. The van der Waals surface area contributed by atoms with Crippen LogP contribution in [-0.2, 0) is 4.74 Å². The summed E-state index contributed by atoms with van der Waals surface area (Å²) >= 11 is 0. The van der Waals surface area contributed by atoms with Crippen molar-refractivity contribution in [3.8, 4) is 0 Å². The summed E-state index contributed by atoms with van der Waals surface area (Å²) in [4.78, 5) is 1.42. The van der Waals surface area contributed by atoms with Crippen molar-refractivity contribution in [2.75, 3.05) is 32.7 Å². The zero-order chi connectivity index (χ0) is 11.3. The van der Waals surface area contributed by atoms with Gasteiger partial charge in [-0.25, -0.2) is 0 Å². The molecule has 16 heavy (non-hydrogen) atoms. The second-order valence-electron chi connectivity index (χ2n) is 3.80. The zero-order valence-corrected chi connectivity index (χ0v) is 12.7. The summed E-state index contributed by atoms with van der Waals surface area (Å²) in [6.45, 7) is -3.62. The Hall–Kier alpha value is 1.37. The number of hydrogen-bond acceptors (Lipinski definition) is 3. The summed E-state index contributed by atoms with van der Waals surface area (Å²) in [5, 5.41) is 8.52. The van der Waals surface area contributed by atoms with E-state index in [1.54, 1.807) is 0 Å². The second-order valence-corrected chi connectivity index (χ2v) is 3.80. The zero-order valence-electron chi connectivity index (χ0n) is 9.54. The Labute approximate surface area is 136 Å². The number of aliphatic hydroxyl groups excluding tert-OH is 1. The molecule has 1 rings (SSSR count). The molecule has 0 radical (unpaired) electrons. The van der Waals surface area contributed by atoms with E-state index in [4.69, 9.17) is 9.84 Å². The maximum Gasteiger partial charge on any atom is 1.00 e. The Morgan fingerprint density at radius 3 is 2.25 bits per heavy atom. The van der Waals surface area contributed by atoms with Crippen molar-refractivity contribution in [1.82, 2.24) is 4.90 Å². The fraction of sp³-hybridized carbons (Fsp3) is 1.00. The molecular weight excluding hydrogens is 249 g/mol. The summed E-state index contributed by atoms with van der Waals surface area (Å²) in [5.41, 5.74) is 0. The van der Waals surface area contributed by atoms with Gasteiger partial charge in [0.05, 0.1) is 19.3 Å². The van der Waals surface area contributed by atoms with Crippen molar-refractivity contribution < 1.29 is 74.2 Å². The van der Waals surface area contributed by atoms with Crippen LogP contribution in [0.3, 0.4) is 0 Å². The Morgan fingerprint density at radius 2 is 1.81 bits per heavy atom. The number of aliphatic hydroxyl groups is 1. The molecule has 1 N–H and O–H groups in total. The number of halogens is 3. The van der Waals surface area contributed by atoms with Crippen molar-refractivity contribution in [2.45, 2.75) is 18.9 Å². The van der Waals surface area contributed by atoms with Gasteiger partial charge >= 0.3 is 58.4 Å². The van der Waals surface area contributed by atoms with Crippen molar-refractivity contribution in [3.63, 3.8) is 0 Å². The molecule has 0 saturated carbocycles. The minimum absolute atomic E-state index is 0.